The van der Waals surface area contributed by atoms with Crippen molar-refractivity contribution in [3.8, 4) is 0 Å². The van der Waals surface area contributed by atoms with Crippen molar-refractivity contribution in [3.63, 3.8) is 0 Å². The topological polar surface area (TPSA) is 200 Å². The largest absolute Gasteiger partial charge is 0.744 e. The fourth-order valence-corrected chi connectivity index (χ4v) is 3.25. The summed E-state index contributed by atoms with van der Waals surface area (Å²) in [6, 6.07) is 1.99. The van der Waals surface area contributed by atoms with Crippen LogP contribution in [0.1, 0.15) is 0 Å². The summed E-state index contributed by atoms with van der Waals surface area (Å²) in [5, 5.41) is 26.0. The molecule has 0 saturated heterocycles. The van der Waals surface area contributed by atoms with E-state index in [2.05, 4.69) is 25.0 Å². The van der Waals surface area contributed by atoms with Gasteiger partial charge >= 0.3 is 0 Å². The monoisotopic (exact) mass is 475 g/mol. The predicted octanol–water partition coefficient (Wildman–Crippen LogP) is -2.84. The molecule has 2 aliphatic rings. The molecule has 0 amide bonds. The van der Waals surface area contributed by atoms with Crippen LogP contribution in [-0.4, -0.2) is 20.0 Å². The minimum absolute atomic E-state index is 0. The Morgan fingerprint density at radius 1 is 1.35 bits per heavy atom. The van der Waals surface area contributed by atoms with Crippen LogP contribution in [0.5, 0.6) is 0 Å². The summed E-state index contributed by atoms with van der Waals surface area (Å²) in [6.45, 7) is 0. The van der Waals surface area contributed by atoms with Crippen LogP contribution in [0.4, 0.5) is 0 Å². The molecule has 12 nitrogen and oxygen atoms in total. The minimum atomic E-state index is -5.10. The van der Waals surface area contributed by atoms with Gasteiger partial charge in [0.05, 0.1) is 32.4 Å². The van der Waals surface area contributed by atoms with Gasteiger partial charge in [0.15, 0.2) is 0 Å². The Balaban J connectivity index is 0.00000338. The molecule has 0 atom stereocenters. The molecule has 0 aromatic rings. The van der Waals surface area contributed by atoms with E-state index in [-0.39, 0.29) is 53.4 Å². The standard InChI is InChI=1S/C11H11N5O7S2.Y/c1-14-16-9-5(24-23-22-18)2-4-3-6(25(19,20)21)10(15-13)11(17)7(4)8(9)12;/h2-3H,1H3,(H6,12,13,14,17,18,19,20,21);/p-3. The molecule has 0 bridgehead atoms. The molecular formula is C11H8N5O7S2Y-3. The molecule has 26 heavy (non-hydrogen) atoms. The van der Waals surface area contributed by atoms with E-state index in [0.29, 0.717) is 12.0 Å². The average molecular weight is 475 g/mol. The van der Waals surface area contributed by atoms with Crippen LogP contribution >= 0.6 is 12.0 Å². The van der Waals surface area contributed by atoms with Gasteiger partial charge in [0.2, 0.25) is 5.43 Å². The van der Waals surface area contributed by atoms with Crippen molar-refractivity contribution in [1.82, 2.24) is 5.43 Å². The van der Waals surface area contributed by atoms with Crippen molar-refractivity contribution < 1.29 is 60.3 Å². The van der Waals surface area contributed by atoms with Crippen LogP contribution < -0.4 is 32.2 Å². The van der Waals surface area contributed by atoms with Crippen LogP contribution in [0.2, 0.25) is 0 Å². The maximum Gasteiger partial charge on any atom is 0.213 e. The van der Waals surface area contributed by atoms with Gasteiger partial charge in [-0.3, -0.25) is 15.2 Å². The predicted molar refractivity (Wildman–Crippen MR) is 76.7 cm³/mol. The number of nitrogens with zero attached hydrogens (tertiary/aromatic N) is 2. The molecule has 0 fully saturated rings. The first-order chi connectivity index (χ1) is 11.8. The zero-order valence-electron chi connectivity index (χ0n) is 12.8. The van der Waals surface area contributed by atoms with E-state index in [9.17, 15) is 23.0 Å². The number of rotatable bonds is 5. The zero-order chi connectivity index (χ0) is 18.8. The van der Waals surface area contributed by atoms with Gasteiger partial charge in [-0.15, -0.1) is 0 Å². The first kappa shape index (κ1) is 22.8. The third-order valence-electron chi connectivity index (χ3n) is 3.01. The number of hydrogen-bond acceptors (Lipinski definition) is 12. The summed E-state index contributed by atoms with van der Waals surface area (Å²) in [4.78, 5) is 11.5. The SMILES string of the molecule is CNN=c1c(SOO[O-])cc2cc(S(=O)(=O)[O-])/c(=N/[NH-])c(=O)c=2c1=N.[Y]. The van der Waals surface area contributed by atoms with Gasteiger partial charge in [-0.05, 0) is 17.4 Å². The van der Waals surface area contributed by atoms with Crippen LogP contribution in [-0.2, 0) is 52.2 Å². The second-order valence-electron chi connectivity index (χ2n) is 4.37. The zero-order valence-corrected chi connectivity index (χ0v) is 17.3. The smallest absolute Gasteiger partial charge is 0.213 e. The molecule has 3 N–H and O–H groups in total. The van der Waals surface area contributed by atoms with E-state index >= 15 is 0 Å². The minimum Gasteiger partial charge on any atom is -0.744 e. The Labute approximate surface area is 174 Å². The molecule has 2 aliphatic carbocycles. The second kappa shape index (κ2) is 9.10. The first-order valence-corrected chi connectivity index (χ1v) is 8.31. The van der Waals surface area contributed by atoms with Crippen molar-refractivity contribution in [2.45, 2.75) is 9.79 Å². The van der Waals surface area contributed by atoms with Crippen molar-refractivity contribution in [2.75, 3.05) is 7.05 Å². The van der Waals surface area contributed by atoms with Gasteiger partial charge in [-0.1, -0.05) is 0 Å². The molecule has 0 aliphatic heterocycles. The van der Waals surface area contributed by atoms with Gasteiger partial charge in [-0.25, -0.2) is 8.42 Å². The molecule has 15 heteroatoms. The third-order valence-corrected chi connectivity index (χ3v) is 4.48. The summed E-state index contributed by atoms with van der Waals surface area (Å²) in [7, 11) is -3.68. The fraction of sp³-hybridized carbons (Fsp3) is 0.0909. The molecule has 0 saturated carbocycles. The Morgan fingerprint density at radius 2 is 2.00 bits per heavy atom. The molecule has 0 aromatic carbocycles. The Bertz CT molecular complexity index is 1210. The maximum absolute atomic E-state index is 12.4. The van der Waals surface area contributed by atoms with E-state index in [1.807, 2.05) is 0 Å². The quantitative estimate of drug-likeness (QED) is 0.198. The Hall–Kier alpha value is -1.26. The van der Waals surface area contributed by atoms with Gasteiger partial charge in [-0.2, -0.15) is 9.44 Å². The van der Waals surface area contributed by atoms with E-state index in [4.69, 9.17) is 11.3 Å². The Kier molecular flexibility index (Phi) is 7.97. The number of hydrogen-bond donors (Lipinski definition) is 2. The van der Waals surface area contributed by atoms with Crippen LogP contribution in [0.3, 0.4) is 0 Å². The van der Waals surface area contributed by atoms with Gasteiger partial charge < -0.3 is 26.2 Å². The van der Waals surface area contributed by atoms with Crippen molar-refractivity contribution >= 4 is 22.2 Å². The van der Waals surface area contributed by atoms with Crippen LogP contribution in [0.25, 0.3) is 5.84 Å². The van der Waals surface area contributed by atoms with Crippen molar-refractivity contribution in [3.05, 3.63) is 54.7 Å². The van der Waals surface area contributed by atoms with Crippen LogP contribution in [0.15, 0.2) is 36.9 Å². The first-order valence-electron chi connectivity index (χ1n) is 6.16. The molecular weight excluding hydrogens is 467 g/mol. The summed E-state index contributed by atoms with van der Waals surface area (Å²) >= 11 is 0.367. The third kappa shape index (κ3) is 4.35. The summed E-state index contributed by atoms with van der Waals surface area (Å²) in [5.41, 5.74) is 1.31. The summed E-state index contributed by atoms with van der Waals surface area (Å²) in [6.07, 6.45) is 0. The van der Waals surface area contributed by atoms with Crippen molar-refractivity contribution in [2.24, 2.45) is 10.2 Å². The van der Waals surface area contributed by atoms with Gasteiger partial charge in [0.25, 0.3) is 0 Å². The molecule has 0 heterocycles. The van der Waals surface area contributed by atoms with Crippen molar-refractivity contribution in [1.29, 1.82) is 5.41 Å². The summed E-state index contributed by atoms with van der Waals surface area (Å²) < 4.78 is 38.1. The van der Waals surface area contributed by atoms with E-state index < -0.39 is 31.2 Å². The molecule has 0 aromatic heterocycles. The van der Waals surface area contributed by atoms with E-state index in [1.165, 1.54) is 13.1 Å². The Morgan fingerprint density at radius 3 is 2.50 bits per heavy atom. The molecule has 0 spiro atoms. The second-order valence-corrected chi connectivity index (χ2v) is 6.46. The molecule has 1 radical (unpaired) electrons. The summed E-state index contributed by atoms with van der Waals surface area (Å²) in [5.74, 6) is 6.97. The van der Waals surface area contributed by atoms with E-state index in [1.54, 1.807) is 0 Å². The van der Waals surface area contributed by atoms with Gasteiger partial charge in [0, 0.05) is 39.8 Å². The fourth-order valence-electron chi connectivity index (χ4n) is 2.10. The average Bonchev–Trinajstić information content (AvgIpc) is 2.54. The molecule has 0 unspecified atom stereocenters. The van der Waals surface area contributed by atoms with Gasteiger partial charge in [0.1, 0.15) is 20.8 Å². The maximum atomic E-state index is 12.4. The normalized spacial score (nSPS) is 13.0. The number of nitrogens with one attached hydrogen (secondary N) is 3. The van der Waals surface area contributed by atoms with E-state index in [0.717, 1.165) is 6.07 Å². The molecule has 137 valence electrons. The van der Waals surface area contributed by atoms with Crippen LogP contribution in [0, 0.1) is 15.8 Å². The molecule has 2 rings (SSSR count).